The first kappa shape index (κ1) is 20.4. The highest BCUT2D eigenvalue weighted by molar-refractivity contribution is 7.91. The summed E-state index contributed by atoms with van der Waals surface area (Å²) in [5, 5.41) is 3.24. The summed E-state index contributed by atoms with van der Waals surface area (Å²) in [5.74, 6) is 0.266. The fourth-order valence-electron chi connectivity index (χ4n) is 2.50. The molecular weight excluding hydrogens is 360 g/mol. The van der Waals surface area contributed by atoms with Crippen LogP contribution in [-0.4, -0.2) is 42.7 Å². The normalized spacial score (nSPS) is 19.1. The second-order valence-corrected chi connectivity index (χ2v) is 9.51. The third-order valence-electron chi connectivity index (χ3n) is 3.84. The minimum atomic E-state index is -3.72. The van der Waals surface area contributed by atoms with Crippen LogP contribution in [-0.2, 0) is 19.9 Å². The van der Waals surface area contributed by atoms with Crippen molar-refractivity contribution in [3.05, 3.63) is 23.8 Å². The number of hydrogen-bond acceptors (Lipinski definition) is 5. The maximum atomic E-state index is 12.4. The van der Waals surface area contributed by atoms with Crippen LogP contribution in [0.15, 0.2) is 28.0 Å². The van der Waals surface area contributed by atoms with Gasteiger partial charge in [-0.05, 0) is 56.5 Å². The molecule has 1 atom stereocenters. The zero-order chi connectivity index (χ0) is 16.4. The number of nitrogens with one attached hydrogen (secondary N) is 2. The van der Waals surface area contributed by atoms with Crippen molar-refractivity contribution in [3.8, 4) is 0 Å². The van der Waals surface area contributed by atoms with Gasteiger partial charge in [-0.3, -0.25) is 0 Å². The smallest absolute Gasteiger partial charge is 0.240 e. The third-order valence-corrected chi connectivity index (χ3v) is 6.51. The van der Waals surface area contributed by atoms with E-state index in [9.17, 15) is 16.8 Å². The summed E-state index contributed by atoms with van der Waals surface area (Å²) in [6.07, 6.45) is 3.09. The Balaban J connectivity index is 0.00000264. The third kappa shape index (κ3) is 5.42. The lowest BCUT2D eigenvalue weighted by Gasteiger charge is -2.23. The van der Waals surface area contributed by atoms with Crippen LogP contribution in [0.3, 0.4) is 0 Å². The van der Waals surface area contributed by atoms with Crippen LogP contribution in [0, 0.1) is 12.8 Å². The monoisotopic (exact) mass is 382 g/mol. The Hall–Kier alpha value is -0.670. The highest BCUT2D eigenvalue weighted by Gasteiger charge is 2.22. The standard InChI is InChI=1S/C14H22N2O4S2.ClH/c1-11-5-6-13(21(2,17)18)8-14(11)22(19,20)16-10-12-4-3-7-15-9-12;/h5-6,8,12,15-16H,3-4,7,9-10H2,1-2H3;1H. The average molecular weight is 383 g/mol. The summed E-state index contributed by atoms with van der Waals surface area (Å²) in [6.45, 7) is 3.78. The molecule has 132 valence electrons. The van der Waals surface area contributed by atoms with E-state index < -0.39 is 19.9 Å². The zero-order valence-corrected chi connectivity index (χ0v) is 15.7. The molecule has 0 spiro atoms. The van der Waals surface area contributed by atoms with Gasteiger partial charge in [0.25, 0.3) is 0 Å². The summed E-state index contributed by atoms with van der Waals surface area (Å²) in [5.41, 5.74) is 0.529. The summed E-state index contributed by atoms with van der Waals surface area (Å²) < 4.78 is 50.7. The maximum Gasteiger partial charge on any atom is 0.240 e. The molecule has 23 heavy (non-hydrogen) atoms. The number of sulfone groups is 1. The van der Waals surface area contributed by atoms with Gasteiger partial charge in [0.05, 0.1) is 9.79 Å². The molecule has 1 fully saturated rings. The van der Waals surface area contributed by atoms with Crippen LogP contribution in [0.25, 0.3) is 0 Å². The molecule has 1 aliphatic heterocycles. The molecule has 1 unspecified atom stereocenters. The molecule has 0 saturated carbocycles. The lowest BCUT2D eigenvalue weighted by atomic mass is 10.0. The molecule has 1 aromatic carbocycles. The van der Waals surface area contributed by atoms with Crippen molar-refractivity contribution in [2.24, 2.45) is 5.92 Å². The molecule has 0 bridgehead atoms. The molecule has 0 amide bonds. The Kier molecular flexibility index (Phi) is 7.03. The minimum absolute atomic E-state index is 0. The van der Waals surface area contributed by atoms with Crippen LogP contribution in [0.2, 0.25) is 0 Å². The van der Waals surface area contributed by atoms with Gasteiger partial charge in [-0.25, -0.2) is 21.6 Å². The van der Waals surface area contributed by atoms with Crippen molar-refractivity contribution in [2.45, 2.75) is 29.6 Å². The molecule has 0 aromatic heterocycles. The van der Waals surface area contributed by atoms with Gasteiger partial charge in [-0.15, -0.1) is 12.4 Å². The first-order valence-electron chi connectivity index (χ1n) is 7.21. The molecule has 6 nitrogen and oxygen atoms in total. The zero-order valence-electron chi connectivity index (χ0n) is 13.2. The SMILES string of the molecule is Cc1ccc(S(C)(=O)=O)cc1S(=O)(=O)NCC1CCCNC1.Cl. The number of benzene rings is 1. The van der Waals surface area contributed by atoms with Gasteiger partial charge in [0, 0.05) is 12.8 Å². The van der Waals surface area contributed by atoms with Crippen LogP contribution in [0.5, 0.6) is 0 Å². The fourth-order valence-corrected chi connectivity index (χ4v) is 4.61. The van der Waals surface area contributed by atoms with E-state index in [0.717, 1.165) is 32.2 Å². The molecule has 0 radical (unpaired) electrons. The average Bonchev–Trinajstić information content (AvgIpc) is 2.45. The summed E-state index contributed by atoms with van der Waals surface area (Å²) in [6, 6.07) is 4.17. The molecule has 1 aromatic rings. The minimum Gasteiger partial charge on any atom is -0.316 e. The Bertz CT molecular complexity index is 742. The molecule has 2 rings (SSSR count). The highest BCUT2D eigenvalue weighted by atomic mass is 35.5. The van der Waals surface area contributed by atoms with Crippen molar-refractivity contribution in [2.75, 3.05) is 25.9 Å². The Morgan fingerprint density at radius 1 is 1.26 bits per heavy atom. The van der Waals surface area contributed by atoms with Gasteiger partial charge < -0.3 is 5.32 Å². The van der Waals surface area contributed by atoms with Gasteiger partial charge in [0.2, 0.25) is 10.0 Å². The van der Waals surface area contributed by atoms with Crippen molar-refractivity contribution in [1.82, 2.24) is 10.0 Å². The molecular formula is C14H23ClN2O4S2. The van der Waals surface area contributed by atoms with E-state index in [1.54, 1.807) is 6.92 Å². The van der Waals surface area contributed by atoms with Gasteiger partial charge in [0.1, 0.15) is 0 Å². The number of sulfonamides is 1. The molecule has 1 saturated heterocycles. The van der Waals surface area contributed by atoms with E-state index in [2.05, 4.69) is 10.0 Å². The fraction of sp³-hybridized carbons (Fsp3) is 0.571. The number of halogens is 1. The lowest BCUT2D eigenvalue weighted by molar-refractivity contribution is 0.376. The number of piperidine rings is 1. The van der Waals surface area contributed by atoms with Crippen molar-refractivity contribution < 1.29 is 16.8 Å². The van der Waals surface area contributed by atoms with Crippen molar-refractivity contribution in [1.29, 1.82) is 0 Å². The summed E-state index contributed by atoms with van der Waals surface area (Å²) in [4.78, 5) is 0.0389. The first-order chi connectivity index (χ1) is 10.2. The molecule has 1 aliphatic rings. The molecule has 9 heteroatoms. The molecule has 1 heterocycles. The highest BCUT2D eigenvalue weighted by Crippen LogP contribution is 2.20. The maximum absolute atomic E-state index is 12.4. The summed E-state index contributed by atoms with van der Waals surface area (Å²) >= 11 is 0. The van der Waals surface area contributed by atoms with E-state index >= 15 is 0 Å². The largest absolute Gasteiger partial charge is 0.316 e. The van der Waals surface area contributed by atoms with Crippen LogP contribution in [0.4, 0.5) is 0 Å². The van der Waals surface area contributed by atoms with Gasteiger partial charge >= 0.3 is 0 Å². The van der Waals surface area contributed by atoms with Gasteiger partial charge in [-0.2, -0.15) is 0 Å². The van der Waals surface area contributed by atoms with Gasteiger partial charge in [-0.1, -0.05) is 6.07 Å². The van der Waals surface area contributed by atoms with E-state index in [4.69, 9.17) is 0 Å². The number of aryl methyl sites for hydroxylation is 1. The molecule has 2 N–H and O–H groups in total. The predicted octanol–water partition coefficient (Wildman–Crippen LogP) is 1.10. The number of hydrogen-bond donors (Lipinski definition) is 2. The number of rotatable bonds is 5. The van der Waals surface area contributed by atoms with Crippen molar-refractivity contribution >= 4 is 32.3 Å². The predicted molar refractivity (Wildman–Crippen MR) is 92.3 cm³/mol. The van der Waals surface area contributed by atoms with Crippen LogP contribution >= 0.6 is 12.4 Å². The van der Waals surface area contributed by atoms with Crippen LogP contribution in [0.1, 0.15) is 18.4 Å². The Labute approximate surface area is 144 Å². The van der Waals surface area contributed by atoms with E-state index in [1.165, 1.54) is 18.2 Å². The lowest BCUT2D eigenvalue weighted by Crippen LogP contribution is -2.38. The van der Waals surface area contributed by atoms with E-state index in [-0.39, 0.29) is 28.1 Å². The quantitative estimate of drug-likeness (QED) is 0.795. The first-order valence-corrected chi connectivity index (χ1v) is 10.6. The topological polar surface area (TPSA) is 92.3 Å². The summed E-state index contributed by atoms with van der Waals surface area (Å²) in [7, 11) is -7.16. The second kappa shape index (κ2) is 7.94. The van der Waals surface area contributed by atoms with E-state index in [1.807, 2.05) is 0 Å². The van der Waals surface area contributed by atoms with Gasteiger partial charge in [0.15, 0.2) is 9.84 Å². The Morgan fingerprint density at radius 3 is 2.52 bits per heavy atom. The molecule has 0 aliphatic carbocycles. The van der Waals surface area contributed by atoms with E-state index in [0.29, 0.717) is 12.1 Å². The second-order valence-electron chi connectivity index (χ2n) is 5.76. The van der Waals surface area contributed by atoms with Crippen LogP contribution < -0.4 is 10.0 Å². The van der Waals surface area contributed by atoms with Crippen molar-refractivity contribution in [3.63, 3.8) is 0 Å². The Morgan fingerprint density at radius 2 is 1.96 bits per heavy atom.